The van der Waals surface area contributed by atoms with Gasteiger partial charge in [-0.3, -0.25) is 15.0 Å². The highest BCUT2D eigenvalue weighted by molar-refractivity contribution is 5.89. The summed E-state index contributed by atoms with van der Waals surface area (Å²) in [7, 11) is 4.00. The van der Waals surface area contributed by atoms with E-state index in [0.717, 1.165) is 44.3 Å². The monoisotopic (exact) mass is 404 g/mol. The first-order valence-corrected chi connectivity index (χ1v) is 11.3. The zero-order chi connectivity index (χ0) is 21.5. The highest BCUT2D eigenvalue weighted by Crippen LogP contribution is 2.39. The lowest BCUT2D eigenvalue weighted by atomic mass is 9.75. The summed E-state index contributed by atoms with van der Waals surface area (Å²) in [6, 6.07) is 4.30. The molecule has 0 bridgehead atoms. The van der Waals surface area contributed by atoms with Gasteiger partial charge in [0, 0.05) is 62.5 Å². The fourth-order valence-electron chi connectivity index (χ4n) is 4.55. The van der Waals surface area contributed by atoms with Gasteiger partial charge in [0.1, 0.15) is 0 Å². The van der Waals surface area contributed by atoms with Crippen molar-refractivity contribution in [2.75, 3.05) is 25.5 Å². The molecule has 0 aromatic carbocycles. The van der Waals surface area contributed by atoms with Crippen molar-refractivity contribution in [1.82, 2.24) is 4.98 Å². The van der Waals surface area contributed by atoms with Gasteiger partial charge in [0.25, 0.3) is 0 Å². The zero-order valence-corrected chi connectivity index (χ0v) is 19.2. The number of pyridine rings is 1. The van der Waals surface area contributed by atoms with Crippen molar-refractivity contribution in [1.29, 1.82) is 0 Å². The van der Waals surface area contributed by atoms with E-state index in [2.05, 4.69) is 73.1 Å². The largest absolute Gasteiger partial charge is 0.375 e. The van der Waals surface area contributed by atoms with Crippen LogP contribution in [0.4, 0.5) is 5.69 Å². The van der Waals surface area contributed by atoms with Gasteiger partial charge in [0.15, 0.2) is 0 Å². The molecule has 0 spiro atoms. The van der Waals surface area contributed by atoms with E-state index in [1.807, 2.05) is 19.5 Å². The van der Waals surface area contributed by atoms with Gasteiger partial charge in [0.2, 0.25) is 0 Å². The predicted octanol–water partition coefficient (Wildman–Crippen LogP) is 5.82. The van der Waals surface area contributed by atoms with E-state index < -0.39 is 0 Å². The van der Waals surface area contributed by atoms with Crippen LogP contribution in [0.15, 0.2) is 63.4 Å². The lowest BCUT2D eigenvalue weighted by molar-refractivity contribution is 0.529. The molecular weight excluding hydrogens is 368 g/mol. The molecule has 0 saturated heterocycles. The minimum absolute atomic E-state index is 0.400. The molecule has 3 rings (SSSR count). The number of anilines is 1. The Bertz CT molecular complexity index is 888. The number of aromatic nitrogens is 1. The summed E-state index contributed by atoms with van der Waals surface area (Å²) in [6.45, 7) is 7.79. The highest BCUT2D eigenvalue weighted by Gasteiger charge is 2.28. The summed E-state index contributed by atoms with van der Waals surface area (Å²) in [4.78, 5) is 16.2. The summed E-state index contributed by atoms with van der Waals surface area (Å²) in [6.07, 6.45) is 15.9. The van der Waals surface area contributed by atoms with E-state index >= 15 is 0 Å². The SMILES string of the molecule is CC/C=C(\C=NC)C1C=CC2=C(CCC(Cc3cc(N(C)CCC)ccn3)=N2)C1C. The molecule has 4 heteroatoms. The van der Waals surface area contributed by atoms with Crippen LogP contribution in [0.25, 0.3) is 0 Å². The Hall–Kier alpha value is -2.49. The Balaban J connectivity index is 1.76. The van der Waals surface area contributed by atoms with Gasteiger partial charge >= 0.3 is 0 Å². The van der Waals surface area contributed by atoms with Gasteiger partial charge < -0.3 is 4.90 Å². The normalized spacial score (nSPS) is 21.8. The minimum atomic E-state index is 0.400. The molecule has 1 aliphatic heterocycles. The molecule has 2 aliphatic rings. The third kappa shape index (κ3) is 5.16. The molecule has 0 saturated carbocycles. The molecule has 0 radical (unpaired) electrons. The van der Waals surface area contributed by atoms with Crippen molar-refractivity contribution in [3.05, 3.63) is 59.1 Å². The number of aliphatic imine (C=N–C) groups is 2. The van der Waals surface area contributed by atoms with Crippen LogP contribution in [0.5, 0.6) is 0 Å². The maximum Gasteiger partial charge on any atom is 0.0621 e. The van der Waals surface area contributed by atoms with Crippen LogP contribution in [-0.4, -0.2) is 37.6 Å². The number of hydrogen-bond acceptors (Lipinski definition) is 4. The van der Waals surface area contributed by atoms with E-state index in [-0.39, 0.29) is 0 Å². The number of hydrogen-bond donors (Lipinski definition) is 0. The minimum Gasteiger partial charge on any atom is -0.375 e. The zero-order valence-electron chi connectivity index (χ0n) is 19.2. The number of rotatable bonds is 8. The Kier molecular flexibility index (Phi) is 7.78. The summed E-state index contributed by atoms with van der Waals surface area (Å²) in [5.41, 5.74) is 7.57. The first kappa shape index (κ1) is 22.2. The molecule has 0 amide bonds. The second kappa shape index (κ2) is 10.5. The average molecular weight is 405 g/mol. The summed E-state index contributed by atoms with van der Waals surface area (Å²) in [5, 5.41) is 0. The van der Waals surface area contributed by atoms with Crippen molar-refractivity contribution in [2.24, 2.45) is 21.8 Å². The smallest absolute Gasteiger partial charge is 0.0621 e. The van der Waals surface area contributed by atoms with Gasteiger partial charge in [-0.1, -0.05) is 32.9 Å². The molecule has 2 unspecified atom stereocenters. The molecule has 4 nitrogen and oxygen atoms in total. The second-order valence-corrected chi connectivity index (χ2v) is 8.37. The van der Waals surface area contributed by atoms with Gasteiger partial charge in [-0.2, -0.15) is 0 Å². The van der Waals surface area contributed by atoms with Crippen LogP contribution in [0.2, 0.25) is 0 Å². The van der Waals surface area contributed by atoms with Crippen LogP contribution in [-0.2, 0) is 6.42 Å². The molecule has 1 aromatic rings. The van der Waals surface area contributed by atoms with Gasteiger partial charge in [-0.05, 0) is 61.0 Å². The fraction of sp³-hybridized carbons (Fsp3) is 0.500. The van der Waals surface area contributed by atoms with Crippen LogP contribution in [0.1, 0.15) is 52.1 Å². The summed E-state index contributed by atoms with van der Waals surface area (Å²) >= 11 is 0. The van der Waals surface area contributed by atoms with Crippen LogP contribution in [0, 0.1) is 11.8 Å². The van der Waals surface area contributed by atoms with Crippen molar-refractivity contribution < 1.29 is 0 Å². The Labute approximate surface area is 182 Å². The lowest BCUT2D eigenvalue weighted by Gasteiger charge is -2.31. The number of allylic oxidation sites excluding steroid dienone is 5. The first-order chi connectivity index (χ1) is 14.6. The Morgan fingerprint density at radius 1 is 1.30 bits per heavy atom. The first-order valence-electron chi connectivity index (χ1n) is 11.3. The van der Waals surface area contributed by atoms with Crippen LogP contribution in [0.3, 0.4) is 0 Å². The maximum atomic E-state index is 5.05. The van der Waals surface area contributed by atoms with E-state index in [4.69, 9.17) is 4.99 Å². The molecule has 0 fully saturated rings. The maximum absolute atomic E-state index is 5.05. The lowest BCUT2D eigenvalue weighted by Crippen LogP contribution is -2.23. The van der Waals surface area contributed by atoms with E-state index in [1.54, 1.807) is 0 Å². The molecule has 0 N–H and O–H groups in total. The third-order valence-corrected chi connectivity index (χ3v) is 6.13. The van der Waals surface area contributed by atoms with E-state index in [1.165, 1.54) is 28.2 Å². The molecule has 30 heavy (non-hydrogen) atoms. The Morgan fingerprint density at radius 2 is 2.13 bits per heavy atom. The number of nitrogens with zero attached hydrogens (tertiary/aromatic N) is 4. The van der Waals surface area contributed by atoms with Gasteiger partial charge in [-0.25, -0.2) is 0 Å². The highest BCUT2D eigenvalue weighted by atomic mass is 15.1. The molecule has 1 aromatic heterocycles. The molecule has 160 valence electrons. The molecule has 1 aliphatic carbocycles. The van der Waals surface area contributed by atoms with Crippen LogP contribution >= 0.6 is 0 Å². The average Bonchev–Trinajstić information content (AvgIpc) is 2.74. The fourth-order valence-corrected chi connectivity index (χ4v) is 4.55. The second-order valence-electron chi connectivity index (χ2n) is 8.37. The van der Waals surface area contributed by atoms with Crippen LogP contribution < -0.4 is 4.90 Å². The van der Waals surface area contributed by atoms with Gasteiger partial charge in [0.05, 0.1) is 5.70 Å². The standard InChI is InChI=1S/C26H36N4/c1-6-8-20(18-27-4)24-11-12-26-25(19(24)3)10-9-21(29-26)16-22-17-23(13-14-28-22)30(5)15-7-2/h8,11-14,17-19,24H,6-7,9-10,15-16H2,1-5H3/b20-8+,27-18?. The predicted molar refractivity (Wildman–Crippen MR) is 130 cm³/mol. The summed E-state index contributed by atoms with van der Waals surface area (Å²) in [5.74, 6) is 0.867. The van der Waals surface area contributed by atoms with Crippen molar-refractivity contribution in [3.8, 4) is 0 Å². The topological polar surface area (TPSA) is 40.9 Å². The quantitative estimate of drug-likeness (QED) is 0.512. The van der Waals surface area contributed by atoms with Crippen molar-refractivity contribution in [2.45, 2.75) is 52.9 Å². The van der Waals surface area contributed by atoms with Gasteiger partial charge in [-0.15, -0.1) is 0 Å². The Morgan fingerprint density at radius 3 is 2.87 bits per heavy atom. The van der Waals surface area contributed by atoms with Crippen molar-refractivity contribution in [3.63, 3.8) is 0 Å². The third-order valence-electron chi connectivity index (χ3n) is 6.13. The molecular formula is C26H36N4. The molecule has 2 heterocycles. The molecule has 2 atom stereocenters. The van der Waals surface area contributed by atoms with E-state index in [0.29, 0.717) is 11.8 Å². The van der Waals surface area contributed by atoms with E-state index in [9.17, 15) is 0 Å². The van der Waals surface area contributed by atoms with Crippen molar-refractivity contribution >= 4 is 17.6 Å². The summed E-state index contributed by atoms with van der Waals surface area (Å²) < 4.78 is 0.